The smallest absolute Gasteiger partial charge is 0.0233 e. The molecule has 0 radical (unpaired) electrons. The van der Waals surface area contributed by atoms with Crippen LogP contribution in [0.2, 0.25) is 0 Å². The second-order valence-electron chi connectivity index (χ2n) is 6.09. The SMILES string of the molecule is C[C@H]1CN(Cc2ccccc2)C[C@H](C)C1N(C)C. The number of hydrogen-bond acceptors (Lipinski definition) is 2. The number of piperidine rings is 1. The van der Waals surface area contributed by atoms with Gasteiger partial charge in [0.25, 0.3) is 0 Å². The van der Waals surface area contributed by atoms with Crippen molar-refractivity contribution in [1.82, 2.24) is 9.80 Å². The molecule has 2 nitrogen and oxygen atoms in total. The lowest BCUT2D eigenvalue weighted by Crippen LogP contribution is -2.52. The Labute approximate surface area is 112 Å². The Morgan fingerprint density at radius 2 is 1.61 bits per heavy atom. The highest BCUT2D eigenvalue weighted by atomic mass is 15.2. The number of rotatable bonds is 3. The quantitative estimate of drug-likeness (QED) is 0.809. The third-order valence-corrected chi connectivity index (χ3v) is 4.10. The molecular formula is C16H26N2. The van der Waals surface area contributed by atoms with Crippen molar-refractivity contribution >= 4 is 0 Å². The van der Waals surface area contributed by atoms with E-state index in [4.69, 9.17) is 0 Å². The van der Waals surface area contributed by atoms with E-state index in [2.05, 4.69) is 68.1 Å². The van der Waals surface area contributed by atoms with Crippen LogP contribution >= 0.6 is 0 Å². The van der Waals surface area contributed by atoms with Crippen molar-refractivity contribution < 1.29 is 0 Å². The van der Waals surface area contributed by atoms with Gasteiger partial charge in [-0.3, -0.25) is 4.90 Å². The number of hydrogen-bond donors (Lipinski definition) is 0. The summed E-state index contributed by atoms with van der Waals surface area (Å²) < 4.78 is 0. The predicted octanol–water partition coefficient (Wildman–Crippen LogP) is 2.70. The lowest BCUT2D eigenvalue weighted by Gasteiger charge is -2.44. The lowest BCUT2D eigenvalue weighted by molar-refractivity contribution is 0.0447. The number of likely N-dealkylation sites (tertiary alicyclic amines) is 1. The van der Waals surface area contributed by atoms with E-state index >= 15 is 0 Å². The van der Waals surface area contributed by atoms with Crippen LogP contribution in [0.3, 0.4) is 0 Å². The van der Waals surface area contributed by atoms with Crippen LogP contribution in [0, 0.1) is 11.8 Å². The Morgan fingerprint density at radius 1 is 1.06 bits per heavy atom. The molecule has 2 heteroatoms. The highest BCUT2D eigenvalue weighted by molar-refractivity contribution is 5.14. The highest BCUT2D eigenvalue weighted by Gasteiger charge is 2.32. The summed E-state index contributed by atoms with van der Waals surface area (Å²) in [5.41, 5.74) is 1.43. The molecule has 1 aromatic carbocycles. The van der Waals surface area contributed by atoms with Crippen LogP contribution in [-0.4, -0.2) is 43.0 Å². The van der Waals surface area contributed by atoms with E-state index in [1.165, 1.54) is 18.7 Å². The zero-order valence-corrected chi connectivity index (χ0v) is 12.1. The normalized spacial score (nSPS) is 26.7. The molecule has 0 spiro atoms. The topological polar surface area (TPSA) is 6.48 Å². The van der Waals surface area contributed by atoms with Gasteiger partial charge in [0.2, 0.25) is 0 Å². The zero-order chi connectivity index (χ0) is 13.1. The molecular weight excluding hydrogens is 220 g/mol. The highest BCUT2D eigenvalue weighted by Crippen LogP contribution is 2.26. The van der Waals surface area contributed by atoms with E-state index in [1.54, 1.807) is 0 Å². The minimum atomic E-state index is 0.719. The molecule has 2 rings (SSSR count). The van der Waals surface area contributed by atoms with E-state index in [9.17, 15) is 0 Å². The van der Waals surface area contributed by atoms with E-state index in [1.807, 2.05) is 0 Å². The van der Waals surface area contributed by atoms with Crippen LogP contribution in [0.4, 0.5) is 0 Å². The summed E-state index contributed by atoms with van der Waals surface area (Å²) >= 11 is 0. The van der Waals surface area contributed by atoms with Crippen molar-refractivity contribution in [3.8, 4) is 0 Å². The van der Waals surface area contributed by atoms with Crippen molar-refractivity contribution in [2.75, 3.05) is 27.2 Å². The molecule has 1 heterocycles. The maximum atomic E-state index is 2.60. The first-order valence-corrected chi connectivity index (χ1v) is 7.00. The summed E-state index contributed by atoms with van der Waals surface area (Å²) in [6.07, 6.45) is 0. The standard InChI is InChI=1S/C16H26N2/c1-13-10-18(11-14(2)16(13)17(3)4)12-15-8-6-5-7-9-15/h5-9,13-14,16H,10-12H2,1-4H3/t13-,14-/m0/s1. The second-order valence-corrected chi connectivity index (χ2v) is 6.09. The fourth-order valence-corrected chi connectivity index (χ4v) is 3.65. The Hall–Kier alpha value is -0.860. The molecule has 0 N–H and O–H groups in total. The Balaban J connectivity index is 1.98. The van der Waals surface area contributed by atoms with E-state index in [0.29, 0.717) is 0 Å². The second kappa shape index (κ2) is 5.85. The first kappa shape index (κ1) is 13.6. The summed E-state index contributed by atoms with van der Waals surface area (Å²) in [6, 6.07) is 11.5. The molecule has 1 saturated heterocycles. The molecule has 1 aromatic rings. The van der Waals surface area contributed by atoms with Gasteiger partial charge in [-0.05, 0) is 31.5 Å². The average molecular weight is 246 g/mol. The Kier molecular flexibility index (Phi) is 4.41. The van der Waals surface area contributed by atoms with Gasteiger partial charge >= 0.3 is 0 Å². The summed E-state index contributed by atoms with van der Waals surface area (Å²) in [6.45, 7) is 8.29. The molecule has 1 aliphatic rings. The molecule has 0 bridgehead atoms. The Bertz CT molecular complexity index is 349. The summed E-state index contributed by atoms with van der Waals surface area (Å²) in [7, 11) is 4.43. The van der Waals surface area contributed by atoms with Gasteiger partial charge < -0.3 is 4.90 Å². The van der Waals surface area contributed by atoms with Crippen molar-refractivity contribution in [2.24, 2.45) is 11.8 Å². The minimum Gasteiger partial charge on any atom is -0.306 e. The molecule has 18 heavy (non-hydrogen) atoms. The first-order chi connectivity index (χ1) is 8.58. The van der Waals surface area contributed by atoms with Crippen LogP contribution in [-0.2, 0) is 6.54 Å². The Morgan fingerprint density at radius 3 is 2.11 bits per heavy atom. The van der Waals surface area contributed by atoms with Crippen LogP contribution in [0.15, 0.2) is 30.3 Å². The third kappa shape index (κ3) is 3.12. The molecule has 0 unspecified atom stereocenters. The lowest BCUT2D eigenvalue weighted by atomic mass is 9.85. The molecule has 0 amide bonds. The maximum absolute atomic E-state index is 2.60. The first-order valence-electron chi connectivity index (χ1n) is 7.00. The monoisotopic (exact) mass is 246 g/mol. The van der Waals surface area contributed by atoms with E-state index in [-0.39, 0.29) is 0 Å². The largest absolute Gasteiger partial charge is 0.306 e. The fourth-order valence-electron chi connectivity index (χ4n) is 3.65. The van der Waals surface area contributed by atoms with Crippen molar-refractivity contribution in [1.29, 1.82) is 0 Å². The van der Waals surface area contributed by atoms with Gasteiger partial charge in [-0.25, -0.2) is 0 Å². The summed E-state index contributed by atoms with van der Waals surface area (Å²) in [5.74, 6) is 1.49. The average Bonchev–Trinajstić information content (AvgIpc) is 2.28. The minimum absolute atomic E-state index is 0.719. The zero-order valence-electron chi connectivity index (χ0n) is 12.1. The van der Waals surface area contributed by atoms with Crippen molar-refractivity contribution in [3.63, 3.8) is 0 Å². The van der Waals surface area contributed by atoms with Crippen LogP contribution in [0.1, 0.15) is 19.4 Å². The van der Waals surface area contributed by atoms with Crippen LogP contribution in [0.5, 0.6) is 0 Å². The van der Waals surface area contributed by atoms with Crippen molar-refractivity contribution in [2.45, 2.75) is 26.4 Å². The van der Waals surface area contributed by atoms with Gasteiger partial charge in [-0.1, -0.05) is 44.2 Å². The molecule has 2 atom stereocenters. The van der Waals surface area contributed by atoms with Gasteiger partial charge in [-0.2, -0.15) is 0 Å². The molecule has 1 aliphatic heterocycles. The molecule has 100 valence electrons. The van der Waals surface area contributed by atoms with Crippen LogP contribution in [0.25, 0.3) is 0 Å². The molecule has 1 fully saturated rings. The van der Waals surface area contributed by atoms with Gasteiger partial charge in [0.05, 0.1) is 0 Å². The number of benzene rings is 1. The summed E-state index contributed by atoms with van der Waals surface area (Å²) in [4.78, 5) is 5.00. The predicted molar refractivity (Wildman–Crippen MR) is 77.5 cm³/mol. The van der Waals surface area contributed by atoms with Gasteiger partial charge in [-0.15, -0.1) is 0 Å². The van der Waals surface area contributed by atoms with E-state index < -0.39 is 0 Å². The summed E-state index contributed by atoms with van der Waals surface area (Å²) in [5, 5.41) is 0. The molecule has 0 saturated carbocycles. The van der Waals surface area contributed by atoms with Gasteiger partial charge in [0.15, 0.2) is 0 Å². The fraction of sp³-hybridized carbons (Fsp3) is 0.625. The number of nitrogens with zero attached hydrogens (tertiary/aromatic N) is 2. The van der Waals surface area contributed by atoms with Crippen molar-refractivity contribution in [3.05, 3.63) is 35.9 Å². The van der Waals surface area contributed by atoms with Gasteiger partial charge in [0, 0.05) is 25.7 Å². The van der Waals surface area contributed by atoms with Gasteiger partial charge in [0.1, 0.15) is 0 Å². The third-order valence-electron chi connectivity index (χ3n) is 4.10. The maximum Gasteiger partial charge on any atom is 0.0233 e. The van der Waals surface area contributed by atoms with Crippen LogP contribution < -0.4 is 0 Å². The van der Waals surface area contributed by atoms with E-state index in [0.717, 1.165) is 24.4 Å². The molecule has 0 aromatic heterocycles. The molecule has 0 aliphatic carbocycles.